The lowest BCUT2D eigenvalue weighted by Crippen LogP contribution is -2.53. The van der Waals surface area contributed by atoms with Crippen LogP contribution in [0.25, 0.3) is 0 Å². The molecule has 2 saturated heterocycles. The molecule has 0 amide bonds. The Morgan fingerprint density at radius 2 is 1.91 bits per heavy atom. The molecule has 5 heterocycles. The Bertz CT molecular complexity index is 1540. The van der Waals surface area contributed by atoms with E-state index in [0.717, 1.165) is 68.5 Å². The largest absolute Gasteiger partial charge is 0.485 e. The van der Waals surface area contributed by atoms with E-state index in [0.29, 0.717) is 50.2 Å². The molecule has 0 spiro atoms. The maximum atomic E-state index is 13.4. The number of piperazine rings is 1. The second-order valence-electron chi connectivity index (χ2n) is 14.0. The molecule has 2 fully saturated rings. The predicted molar refractivity (Wildman–Crippen MR) is 179 cm³/mol. The normalized spacial score (nSPS) is 18.5. The van der Waals surface area contributed by atoms with Crippen molar-refractivity contribution in [3.8, 4) is 5.75 Å². The van der Waals surface area contributed by atoms with E-state index in [4.69, 9.17) is 23.9 Å². The molecule has 0 saturated carbocycles. The van der Waals surface area contributed by atoms with Gasteiger partial charge in [0.05, 0.1) is 31.1 Å². The van der Waals surface area contributed by atoms with Crippen molar-refractivity contribution in [1.29, 1.82) is 0 Å². The van der Waals surface area contributed by atoms with Crippen LogP contribution in [-0.4, -0.2) is 106 Å². The highest BCUT2D eigenvalue weighted by Crippen LogP contribution is 2.30. The van der Waals surface area contributed by atoms with Gasteiger partial charge in [-0.25, -0.2) is 9.97 Å². The maximum absolute atomic E-state index is 13.4. The Balaban J connectivity index is 1.03. The van der Waals surface area contributed by atoms with Crippen molar-refractivity contribution in [3.63, 3.8) is 0 Å². The van der Waals surface area contributed by atoms with Gasteiger partial charge in [0.15, 0.2) is 17.9 Å². The van der Waals surface area contributed by atoms with Gasteiger partial charge >= 0.3 is 0 Å². The number of β-amino-alcohol motifs (C(OH)–C–C–N with tert-alkyl or cyclic N) is 1. The topological polar surface area (TPSA) is 129 Å². The summed E-state index contributed by atoms with van der Waals surface area (Å²) >= 11 is 0. The standard InChI is InChI=1S/C35H49N7O5/c1-23-28-10-11-40(17-25(28)6-9-31(23)46-21-32-24(2)36-22-47-32)18-27(43)7-8-30(44)29-16-33(37-26-19-45-20-26)39-34(38-29)41-12-14-42(15-13-41)35(3,4)5/h6,9,16,22,26-27,43H,7-8,10-15,17-21H2,1-5H3,(H,37,38,39)/t27-/m0/s1. The van der Waals surface area contributed by atoms with Gasteiger partial charge in [-0.05, 0) is 70.2 Å². The molecular formula is C35H49N7O5. The van der Waals surface area contributed by atoms with Gasteiger partial charge in [0, 0.05) is 63.8 Å². The first-order valence-corrected chi connectivity index (χ1v) is 16.8. The number of Topliss-reactive ketones (excluding diaryl/α,β-unsaturated/α-hetero) is 1. The smallest absolute Gasteiger partial charge is 0.228 e. The minimum absolute atomic E-state index is 0.0818. The summed E-state index contributed by atoms with van der Waals surface area (Å²) in [6.45, 7) is 17.8. The summed E-state index contributed by atoms with van der Waals surface area (Å²) in [5.74, 6) is 2.73. The van der Waals surface area contributed by atoms with E-state index in [-0.39, 0.29) is 23.8 Å². The SMILES string of the molecule is Cc1ncoc1COc1ccc2c(c1C)CCN(C[C@@H](O)CCC(=O)c1cc(NC3COC3)nc(N3CCN(C(C)(C)C)CC3)n1)C2. The number of aromatic nitrogens is 3. The second kappa shape index (κ2) is 14.3. The molecule has 6 rings (SSSR count). The Kier molecular flexibility index (Phi) is 10.1. The molecule has 0 radical (unpaired) electrons. The third-order valence-corrected chi connectivity index (χ3v) is 9.60. The third-order valence-electron chi connectivity index (χ3n) is 9.60. The number of fused-ring (bicyclic) bond motifs is 1. The van der Waals surface area contributed by atoms with Gasteiger partial charge in [0.25, 0.3) is 0 Å². The predicted octanol–water partition coefficient (Wildman–Crippen LogP) is 3.77. The molecule has 3 aromatic rings. The van der Waals surface area contributed by atoms with Crippen molar-refractivity contribution in [3.05, 3.63) is 58.4 Å². The number of rotatable bonds is 12. The number of benzene rings is 1. The third kappa shape index (κ3) is 8.11. The molecular weight excluding hydrogens is 598 g/mol. The maximum Gasteiger partial charge on any atom is 0.228 e. The number of aryl methyl sites for hydroxylation is 1. The minimum atomic E-state index is -0.620. The number of carbonyl (C=O) groups is 1. The number of aliphatic hydroxyl groups is 1. The van der Waals surface area contributed by atoms with Crippen molar-refractivity contribution >= 4 is 17.5 Å². The minimum Gasteiger partial charge on any atom is -0.485 e. The Morgan fingerprint density at radius 1 is 1.13 bits per heavy atom. The quantitative estimate of drug-likeness (QED) is 0.278. The summed E-state index contributed by atoms with van der Waals surface area (Å²) in [6.07, 6.45) is 2.29. The van der Waals surface area contributed by atoms with Crippen molar-refractivity contribution in [2.45, 2.75) is 84.7 Å². The van der Waals surface area contributed by atoms with Crippen LogP contribution in [0.2, 0.25) is 0 Å². The molecule has 2 N–H and O–H groups in total. The van der Waals surface area contributed by atoms with Crippen LogP contribution >= 0.6 is 0 Å². The van der Waals surface area contributed by atoms with Crippen LogP contribution in [0, 0.1) is 13.8 Å². The summed E-state index contributed by atoms with van der Waals surface area (Å²) in [6, 6.07) is 6.06. The first-order chi connectivity index (χ1) is 22.5. The molecule has 12 heteroatoms. The summed E-state index contributed by atoms with van der Waals surface area (Å²) < 4.78 is 16.8. The number of hydrogen-bond acceptors (Lipinski definition) is 12. The zero-order valence-corrected chi connectivity index (χ0v) is 28.4. The van der Waals surface area contributed by atoms with Crippen molar-refractivity contribution in [1.82, 2.24) is 24.8 Å². The number of carbonyl (C=O) groups excluding carboxylic acids is 1. The monoisotopic (exact) mass is 647 g/mol. The zero-order valence-electron chi connectivity index (χ0n) is 28.4. The zero-order chi connectivity index (χ0) is 33.1. The van der Waals surface area contributed by atoms with E-state index in [1.807, 2.05) is 13.0 Å². The van der Waals surface area contributed by atoms with Crippen molar-refractivity contribution < 1.29 is 23.8 Å². The van der Waals surface area contributed by atoms with Crippen LogP contribution in [0.5, 0.6) is 5.75 Å². The number of nitrogens with zero attached hydrogens (tertiary/aromatic N) is 6. The van der Waals surface area contributed by atoms with Crippen LogP contribution in [0.15, 0.2) is 29.0 Å². The van der Waals surface area contributed by atoms with Crippen LogP contribution in [0.3, 0.4) is 0 Å². The molecule has 2 aromatic heterocycles. The Labute approximate surface area is 277 Å². The van der Waals surface area contributed by atoms with Gasteiger partial charge in [0.2, 0.25) is 5.95 Å². The van der Waals surface area contributed by atoms with Gasteiger partial charge < -0.3 is 29.2 Å². The fraction of sp³-hybridized carbons (Fsp3) is 0.600. The molecule has 3 aliphatic rings. The van der Waals surface area contributed by atoms with Gasteiger partial charge in [-0.15, -0.1) is 0 Å². The van der Waals surface area contributed by atoms with Crippen LogP contribution in [-0.2, 0) is 24.3 Å². The van der Waals surface area contributed by atoms with Gasteiger partial charge in [-0.3, -0.25) is 14.6 Å². The fourth-order valence-corrected chi connectivity index (χ4v) is 6.51. The lowest BCUT2D eigenvalue weighted by atomic mass is 9.94. The molecule has 3 aliphatic heterocycles. The number of ketones is 1. The van der Waals surface area contributed by atoms with Crippen molar-refractivity contribution in [2.24, 2.45) is 0 Å². The Morgan fingerprint density at radius 3 is 2.60 bits per heavy atom. The number of aliphatic hydroxyl groups excluding tert-OH is 1. The number of nitrogens with one attached hydrogen (secondary N) is 1. The summed E-state index contributed by atoms with van der Waals surface area (Å²) in [7, 11) is 0. The average molecular weight is 648 g/mol. The van der Waals surface area contributed by atoms with Gasteiger partial charge in [-0.1, -0.05) is 6.07 Å². The first-order valence-electron chi connectivity index (χ1n) is 16.8. The number of hydrogen-bond donors (Lipinski definition) is 2. The number of anilines is 2. The highest BCUT2D eigenvalue weighted by molar-refractivity contribution is 5.95. The molecule has 1 aromatic carbocycles. The van der Waals surface area contributed by atoms with E-state index in [1.54, 1.807) is 6.07 Å². The Hall–Kier alpha value is -3.58. The molecule has 0 bridgehead atoms. The molecule has 1 atom stereocenters. The number of ether oxygens (including phenoxy) is 2. The second-order valence-corrected chi connectivity index (χ2v) is 14.0. The van der Waals surface area contributed by atoms with Gasteiger partial charge in [0.1, 0.15) is 23.9 Å². The highest BCUT2D eigenvalue weighted by atomic mass is 16.5. The summed E-state index contributed by atoms with van der Waals surface area (Å²) in [5.41, 5.74) is 5.02. The fourth-order valence-electron chi connectivity index (χ4n) is 6.51. The summed E-state index contributed by atoms with van der Waals surface area (Å²) in [5, 5.41) is 14.4. The molecule has 0 aliphatic carbocycles. The highest BCUT2D eigenvalue weighted by Gasteiger charge is 2.29. The van der Waals surface area contributed by atoms with Crippen molar-refractivity contribution in [2.75, 3.05) is 62.7 Å². The van der Waals surface area contributed by atoms with Crippen LogP contribution in [0.1, 0.15) is 72.2 Å². The summed E-state index contributed by atoms with van der Waals surface area (Å²) in [4.78, 5) is 34.0. The van der Waals surface area contributed by atoms with E-state index in [1.165, 1.54) is 17.5 Å². The molecule has 12 nitrogen and oxygen atoms in total. The first kappa shape index (κ1) is 33.3. The van der Waals surface area contributed by atoms with E-state index >= 15 is 0 Å². The van der Waals surface area contributed by atoms with Crippen LogP contribution in [0.4, 0.5) is 11.8 Å². The molecule has 47 heavy (non-hydrogen) atoms. The van der Waals surface area contributed by atoms with Gasteiger partial charge in [-0.2, -0.15) is 4.98 Å². The molecule has 254 valence electrons. The lowest BCUT2D eigenvalue weighted by Gasteiger charge is -2.42. The number of oxazole rings is 1. The van der Waals surface area contributed by atoms with Crippen LogP contribution < -0.4 is 15.0 Å². The lowest BCUT2D eigenvalue weighted by molar-refractivity contribution is 0.0209. The molecule has 0 unspecified atom stereocenters. The average Bonchev–Trinajstić information content (AvgIpc) is 3.45. The van der Waals surface area contributed by atoms with E-state index in [2.05, 4.69) is 58.8 Å². The van der Waals surface area contributed by atoms with E-state index in [9.17, 15) is 9.90 Å². The van der Waals surface area contributed by atoms with E-state index < -0.39 is 6.10 Å².